The fraction of sp³-hybridized carbons (Fsp3) is 1.00. The minimum Gasteiger partial charge on any atom is -0.310 e. The van der Waals surface area contributed by atoms with Gasteiger partial charge in [0.2, 0.25) is 12.7 Å². The van der Waals surface area contributed by atoms with Gasteiger partial charge in [0.05, 0.1) is 0 Å². The zero-order chi connectivity index (χ0) is 14.0. The largest absolute Gasteiger partial charge is 0.410 e. The molecule has 104 valence electrons. The molecule has 0 aromatic heterocycles. The summed E-state index contributed by atoms with van der Waals surface area (Å²) in [6.45, 7) is 0. The molecule has 0 aliphatic carbocycles. The van der Waals surface area contributed by atoms with Gasteiger partial charge in [0, 0.05) is 0 Å². The summed E-state index contributed by atoms with van der Waals surface area (Å²) in [7, 11) is 0. The zero-order valence-corrected chi connectivity index (χ0v) is 9.01. The third kappa shape index (κ3) is 5.43. The molecule has 0 saturated carbocycles. The first-order chi connectivity index (χ1) is 7.37. The average molecular weight is 315 g/mol. The van der Waals surface area contributed by atoms with Crippen LogP contribution in [0.5, 0.6) is 0 Å². The molecule has 0 aromatic carbocycles. The average Bonchev–Trinajstić information content (AvgIpc) is 2.12. The SMILES string of the molecule is FC(OC(F)C(Cl)C(F)(F)F)C(Cl)C(F)(F)F. The van der Waals surface area contributed by atoms with Crippen LogP contribution >= 0.6 is 23.2 Å². The molecular formula is C6H4Cl2F8O. The second-order valence-corrected chi connectivity index (χ2v) is 3.67. The van der Waals surface area contributed by atoms with E-state index in [9.17, 15) is 35.1 Å². The molecule has 4 unspecified atom stereocenters. The fourth-order valence-electron chi connectivity index (χ4n) is 0.559. The lowest BCUT2D eigenvalue weighted by molar-refractivity contribution is -0.230. The van der Waals surface area contributed by atoms with Crippen molar-refractivity contribution in [2.45, 2.75) is 35.8 Å². The van der Waals surface area contributed by atoms with E-state index in [4.69, 9.17) is 0 Å². The molecule has 0 aliphatic heterocycles. The lowest BCUT2D eigenvalue weighted by Gasteiger charge is -2.23. The molecule has 0 N–H and O–H groups in total. The standard InChI is InChI=1S/C6H4Cl2F8O/c7-1(5(11,12)13)3(9)17-4(10)2(8)6(14,15)16/h1-4H. The number of alkyl halides is 10. The van der Waals surface area contributed by atoms with Gasteiger partial charge in [-0.25, -0.2) is 8.78 Å². The van der Waals surface area contributed by atoms with Crippen LogP contribution in [0.4, 0.5) is 35.1 Å². The van der Waals surface area contributed by atoms with Crippen LogP contribution in [0.25, 0.3) is 0 Å². The Kier molecular flexibility index (Phi) is 5.74. The maximum atomic E-state index is 12.6. The van der Waals surface area contributed by atoms with Crippen LogP contribution in [-0.4, -0.2) is 35.8 Å². The maximum absolute atomic E-state index is 12.6. The van der Waals surface area contributed by atoms with Crippen molar-refractivity contribution in [3.63, 3.8) is 0 Å². The van der Waals surface area contributed by atoms with E-state index in [-0.39, 0.29) is 0 Å². The molecule has 0 amide bonds. The second-order valence-electron chi connectivity index (χ2n) is 2.73. The third-order valence-corrected chi connectivity index (χ3v) is 2.24. The van der Waals surface area contributed by atoms with E-state index in [0.717, 1.165) is 0 Å². The van der Waals surface area contributed by atoms with Crippen LogP contribution in [0, 0.1) is 0 Å². The van der Waals surface area contributed by atoms with Crippen molar-refractivity contribution in [1.82, 2.24) is 0 Å². The van der Waals surface area contributed by atoms with Gasteiger partial charge in [-0.05, 0) is 0 Å². The minimum absolute atomic E-state index is 3.19. The predicted octanol–water partition coefficient (Wildman–Crippen LogP) is 3.93. The fourth-order valence-corrected chi connectivity index (χ4v) is 0.678. The highest BCUT2D eigenvalue weighted by Gasteiger charge is 2.49. The second kappa shape index (κ2) is 5.75. The van der Waals surface area contributed by atoms with Gasteiger partial charge in [-0.15, -0.1) is 23.2 Å². The van der Waals surface area contributed by atoms with Gasteiger partial charge in [-0.2, -0.15) is 26.3 Å². The van der Waals surface area contributed by atoms with Crippen molar-refractivity contribution in [2.24, 2.45) is 0 Å². The van der Waals surface area contributed by atoms with Crippen molar-refractivity contribution >= 4 is 23.2 Å². The summed E-state index contributed by atoms with van der Waals surface area (Å²) in [6, 6.07) is 0. The highest BCUT2D eigenvalue weighted by Crippen LogP contribution is 2.33. The van der Waals surface area contributed by atoms with E-state index in [1.807, 2.05) is 0 Å². The lowest BCUT2D eigenvalue weighted by atomic mass is 10.4. The van der Waals surface area contributed by atoms with Gasteiger partial charge < -0.3 is 4.74 Å². The maximum Gasteiger partial charge on any atom is 0.410 e. The van der Waals surface area contributed by atoms with Gasteiger partial charge >= 0.3 is 12.4 Å². The van der Waals surface area contributed by atoms with E-state index in [1.54, 1.807) is 0 Å². The molecular weight excluding hydrogens is 311 g/mol. The van der Waals surface area contributed by atoms with Crippen LogP contribution in [0.3, 0.4) is 0 Å². The molecule has 17 heavy (non-hydrogen) atoms. The molecule has 0 bridgehead atoms. The van der Waals surface area contributed by atoms with Crippen LogP contribution in [0.2, 0.25) is 0 Å². The summed E-state index contributed by atoms with van der Waals surface area (Å²) in [5.41, 5.74) is 0. The van der Waals surface area contributed by atoms with Crippen molar-refractivity contribution < 1.29 is 39.9 Å². The molecule has 0 aromatic rings. The Labute approximate surface area is 99.6 Å². The smallest absolute Gasteiger partial charge is 0.310 e. The summed E-state index contributed by atoms with van der Waals surface area (Å²) < 4.78 is 98.8. The third-order valence-electron chi connectivity index (χ3n) is 1.35. The Balaban J connectivity index is 4.45. The molecule has 0 heterocycles. The molecule has 0 radical (unpaired) electrons. The Morgan fingerprint density at radius 1 is 0.706 bits per heavy atom. The summed E-state index contributed by atoms with van der Waals surface area (Å²) in [5, 5.41) is -6.59. The Bertz CT molecular complexity index is 217. The monoisotopic (exact) mass is 314 g/mol. The molecule has 0 saturated heterocycles. The van der Waals surface area contributed by atoms with Crippen molar-refractivity contribution in [3.8, 4) is 0 Å². The molecule has 0 spiro atoms. The number of ether oxygens (including phenoxy) is 1. The Morgan fingerprint density at radius 2 is 0.941 bits per heavy atom. The number of halogens is 10. The Hall–Kier alpha value is -0.0200. The molecule has 0 aliphatic rings. The first kappa shape index (κ1) is 17.0. The van der Waals surface area contributed by atoms with Gasteiger partial charge in [-0.3, -0.25) is 0 Å². The van der Waals surface area contributed by atoms with Crippen LogP contribution < -0.4 is 0 Å². The van der Waals surface area contributed by atoms with E-state index in [1.165, 1.54) is 0 Å². The highest BCUT2D eigenvalue weighted by molar-refractivity contribution is 6.21. The van der Waals surface area contributed by atoms with Crippen molar-refractivity contribution in [3.05, 3.63) is 0 Å². The first-order valence-electron chi connectivity index (χ1n) is 3.72. The summed E-state index contributed by atoms with van der Waals surface area (Å²) in [4.78, 5) is 0. The summed E-state index contributed by atoms with van der Waals surface area (Å²) in [6.07, 6.45) is -17.6. The lowest BCUT2D eigenvalue weighted by Crippen LogP contribution is -2.41. The number of hydrogen-bond donors (Lipinski definition) is 0. The highest BCUT2D eigenvalue weighted by atomic mass is 35.5. The van der Waals surface area contributed by atoms with Crippen LogP contribution in [0.1, 0.15) is 0 Å². The number of hydrogen-bond acceptors (Lipinski definition) is 1. The van der Waals surface area contributed by atoms with Gasteiger partial charge in [-0.1, -0.05) is 0 Å². The van der Waals surface area contributed by atoms with E-state index < -0.39 is 35.8 Å². The summed E-state index contributed by atoms with van der Waals surface area (Å²) in [5.74, 6) is 0. The first-order valence-corrected chi connectivity index (χ1v) is 4.60. The minimum atomic E-state index is -5.29. The van der Waals surface area contributed by atoms with E-state index >= 15 is 0 Å². The zero-order valence-electron chi connectivity index (χ0n) is 7.50. The summed E-state index contributed by atoms with van der Waals surface area (Å²) >= 11 is 8.91. The predicted molar refractivity (Wildman–Crippen MR) is 42.3 cm³/mol. The number of rotatable bonds is 4. The molecule has 0 fully saturated rings. The normalized spacial score (nSPS) is 20.8. The topological polar surface area (TPSA) is 9.23 Å². The molecule has 4 atom stereocenters. The molecule has 1 nitrogen and oxygen atoms in total. The van der Waals surface area contributed by atoms with E-state index in [0.29, 0.717) is 0 Å². The Morgan fingerprint density at radius 3 is 1.12 bits per heavy atom. The quantitative estimate of drug-likeness (QED) is 0.564. The molecule has 0 rings (SSSR count). The van der Waals surface area contributed by atoms with E-state index in [2.05, 4.69) is 27.9 Å². The van der Waals surface area contributed by atoms with Gasteiger partial charge in [0.15, 0.2) is 10.8 Å². The van der Waals surface area contributed by atoms with Crippen LogP contribution in [0.15, 0.2) is 0 Å². The van der Waals surface area contributed by atoms with Gasteiger partial charge in [0.1, 0.15) is 0 Å². The molecule has 11 heteroatoms. The van der Waals surface area contributed by atoms with Crippen molar-refractivity contribution in [1.29, 1.82) is 0 Å². The van der Waals surface area contributed by atoms with Crippen LogP contribution in [-0.2, 0) is 4.74 Å². The van der Waals surface area contributed by atoms with Gasteiger partial charge in [0.25, 0.3) is 0 Å². The van der Waals surface area contributed by atoms with Crippen molar-refractivity contribution in [2.75, 3.05) is 0 Å².